The maximum absolute atomic E-state index is 12.2. The quantitative estimate of drug-likeness (QED) is 0.836. The summed E-state index contributed by atoms with van der Waals surface area (Å²) in [4.78, 5) is 14.1. The van der Waals surface area contributed by atoms with Crippen molar-refractivity contribution in [2.45, 2.75) is 37.8 Å². The number of likely N-dealkylation sites (tertiary alicyclic amines) is 1. The Morgan fingerprint density at radius 3 is 2.37 bits per heavy atom. The van der Waals surface area contributed by atoms with Gasteiger partial charge in [-0.3, -0.25) is 0 Å². The van der Waals surface area contributed by atoms with Crippen molar-refractivity contribution >= 4 is 6.09 Å². The second-order valence-corrected chi connectivity index (χ2v) is 7.74. The van der Waals surface area contributed by atoms with Gasteiger partial charge in [-0.05, 0) is 42.9 Å². The number of ether oxygens (including phenoxy) is 1. The second kappa shape index (κ2) is 8.57. The highest BCUT2D eigenvalue weighted by Crippen LogP contribution is 2.40. The van der Waals surface area contributed by atoms with Gasteiger partial charge in [0.2, 0.25) is 0 Å². The number of carbonyl (C=O) groups is 1. The lowest BCUT2D eigenvalue weighted by molar-refractivity contribution is 0.0821. The van der Waals surface area contributed by atoms with E-state index >= 15 is 0 Å². The molecule has 2 fully saturated rings. The predicted octanol–water partition coefficient (Wildman–Crippen LogP) is 4.18. The largest absolute Gasteiger partial charge is 0.445 e. The van der Waals surface area contributed by atoms with E-state index in [1.165, 1.54) is 12.0 Å². The number of piperidine rings is 1. The molecule has 1 saturated heterocycles. The molecule has 27 heavy (non-hydrogen) atoms. The second-order valence-electron chi connectivity index (χ2n) is 7.74. The molecular weight excluding hydrogens is 336 g/mol. The molecule has 1 aliphatic carbocycles. The first kappa shape index (κ1) is 18.1. The van der Waals surface area contributed by atoms with Crippen LogP contribution in [0.15, 0.2) is 60.7 Å². The van der Waals surface area contributed by atoms with Crippen LogP contribution in [0, 0.1) is 5.92 Å². The van der Waals surface area contributed by atoms with Gasteiger partial charge in [-0.25, -0.2) is 4.79 Å². The molecule has 142 valence electrons. The van der Waals surface area contributed by atoms with Gasteiger partial charge >= 0.3 is 6.09 Å². The molecule has 1 saturated carbocycles. The van der Waals surface area contributed by atoms with E-state index in [0.717, 1.165) is 38.0 Å². The van der Waals surface area contributed by atoms with Crippen molar-refractivity contribution in [2.24, 2.45) is 5.92 Å². The van der Waals surface area contributed by atoms with Gasteiger partial charge in [0.05, 0.1) is 0 Å². The van der Waals surface area contributed by atoms with E-state index < -0.39 is 0 Å². The molecule has 1 N–H and O–H groups in total. The molecule has 2 atom stereocenters. The van der Waals surface area contributed by atoms with Crippen LogP contribution < -0.4 is 5.32 Å². The van der Waals surface area contributed by atoms with Gasteiger partial charge < -0.3 is 15.0 Å². The van der Waals surface area contributed by atoms with Crippen LogP contribution >= 0.6 is 0 Å². The molecule has 1 aliphatic heterocycles. The average molecular weight is 364 g/mol. The van der Waals surface area contributed by atoms with E-state index in [2.05, 4.69) is 35.6 Å². The number of nitrogens with one attached hydrogen (secondary N) is 1. The normalized spacial score (nSPS) is 22.4. The Labute approximate surface area is 161 Å². The first-order valence-corrected chi connectivity index (χ1v) is 10.0. The molecule has 0 bridgehead atoms. The zero-order valence-electron chi connectivity index (χ0n) is 15.7. The van der Waals surface area contributed by atoms with Crippen LogP contribution in [0.3, 0.4) is 0 Å². The summed E-state index contributed by atoms with van der Waals surface area (Å²) in [5, 5.41) is 3.73. The molecule has 2 aromatic rings. The summed E-state index contributed by atoms with van der Waals surface area (Å²) in [5.74, 6) is 1.33. The molecule has 2 aliphatic rings. The van der Waals surface area contributed by atoms with Crippen molar-refractivity contribution in [3.8, 4) is 0 Å². The van der Waals surface area contributed by atoms with Gasteiger partial charge in [0, 0.05) is 25.0 Å². The first-order valence-electron chi connectivity index (χ1n) is 10.0. The van der Waals surface area contributed by atoms with Crippen LogP contribution in [0.4, 0.5) is 4.79 Å². The molecule has 0 radical (unpaired) electrons. The van der Waals surface area contributed by atoms with Crippen LogP contribution in [0.1, 0.15) is 36.3 Å². The fraction of sp³-hybridized carbons (Fsp3) is 0.435. The van der Waals surface area contributed by atoms with Crippen LogP contribution in [0.5, 0.6) is 0 Å². The molecule has 0 aromatic heterocycles. The molecule has 4 rings (SSSR count). The Hall–Kier alpha value is -2.33. The number of carbonyl (C=O) groups excluding carboxylic acids is 1. The van der Waals surface area contributed by atoms with Crippen LogP contribution in [-0.4, -0.2) is 36.7 Å². The summed E-state index contributed by atoms with van der Waals surface area (Å²) in [6.07, 6.45) is 3.16. The lowest BCUT2D eigenvalue weighted by Crippen LogP contribution is -2.41. The fourth-order valence-electron chi connectivity index (χ4n) is 3.94. The predicted molar refractivity (Wildman–Crippen MR) is 107 cm³/mol. The number of rotatable bonds is 6. The topological polar surface area (TPSA) is 41.6 Å². The summed E-state index contributed by atoms with van der Waals surface area (Å²) in [6.45, 7) is 3.00. The molecule has 4 heteroatoms. The van der Waals surface area contributed by atoms with Crippen molar-refractivity contribution in [3.05, 3.63) is 71.8 Å². The standard InChI is InChI=1S/C23H28N2O2/c26-23(27-17-19-7-3-1-4-8-19)25-13-11-18(12-14-25)16-24-22-15-21(22)20-9-5-2-6-10-20/h1-10,18,21-22,24H,11-17H2/t21-,22+/m1/s1. The third kappa shape index (κ3) is 4.89. The van der Waals surface area contributed by atoms with Crippen molar-refractivity contribution in [3.63, 3.8) is 0 Å². The highest BCUT2D eigenvalue weighted by atomic mass is 16.6. The van der Waals surface area contributed by atoms with E-state index in [1.54, 1.807) is 0 Å². The third-order valence-corrected chi connectivity index (χ3v) is 5.76. The van der Waals surface area contributed by atoms with Crippen LogP contribution in [0.25, 0.3) is 0 Å². The van der Waals surface area contributed by atoms with Crippen molar-refractivity contribution < 1.29 is 9.53 Å². The summed E-state index contributed by atoms with van der Waals surface area (Å²) >= 11 is 0. The number of benzene rings is 2. The minimum Gasteiger partial charge on any atom is -0.445 e. The Balaban J connectivity index is 1.14. The van der Waals surface area contributed by atoms with E-state index in [4.69, 9.17) is 4.74 Å². The monoisotopic (exact) mass is 364 g/mol. The number of amides is 1. The van der Waals surface area contributed by atoms with Crippen LogP contribution in [0.2, 0.25) is 0 Å². The van der Waals surface area contributed by atoms with Gasteiger partial charge in [0.1, 0.15) is 6.61 Å². The fourth-order valence-corrected chi connectivity index (χ4v) is 3.94. The minimum atomic E-state index is -0.184. The highest BCUT2D eigenvalue weighted by Gasteiger charge is 2.38. The van der Waals surface area contributed by atoms with E-state index in [0.29, 0.717) is 24.5 Å². The van der Waals surface area contributed by atoms with E-state index in [9.17, 15) is 4.79 Å². The number of hydrogen-bond donors (Lipinski definition) is 1. The summed E-state index contributed by atoms with van der Waals surface area (Å²) in [5.41, 5.74) is 2.48. The van der Waals surface area contributed by atoms with Gasteiger partial charge in [-0.15, -0.1) is 0 Å². The molecular formula is C23H28N2O2. The maximum Gasteiger partial charge on any atom is 0.410 e. The SMILES string of the molecule is O=C(OCc1ccccc1)N1CCC(CN[C@H]2C[C@@H]2c2ccccc2)CC1. The Morgan fingerprint density at radius 2 is 1.67 bits per heavy atom. The average Bonchev–Trinajstić information content (AvgIpc) is 3.52. The van der Waals surface area contributed by atoms with Crippen LogP contribution in [-0.2, 0) is 11.3 Å². The van der Waals surface area contributed by atoms with Gasteiger partial charge in [0.15, 0.2) is 0 Å². The summed E-state index contributed by atoms with van der Waals surface area (Å²) in [7, 11) is 0. The highest BCUT2D eigenvalue weighted by molar-refractivity contribution is 5.67. The Bertz CT molecular complexity index is 727. The van der Waals surface area contributed by atoms with E-state index in [-0.39, 0.29) is 6.09 Å². The molecule has 0 spiro atoms. The first-order chi connectivity index (χ1) is 13.3. The molecule has 1 heterocycles. The molecule has 4 nitrogen and oxygen atoms in total. The lowest BCUT2D eigenvalue weighted by Gasteiger charge is -2.31. The Morgan fingerprint density at radius 1 is 1.00 bits per heavy atom. The lowest BCUT2D eigenvalue weighted by atomic mass is 9.97. The molecule has 1 amide bonds. The molecule has 2 aromatic carbocycles. The van der Waals surface area contributed by atoms with Crippen molar-refractivity contribution in [2.75, 3.05) is 19.6 Å². The minimum absolute atomic E-state index is 0.184. The number of hydrogen-bond acceptors (Lipinski definition) is 3. The third-order valence-electron chi connectivity index (χ3n) is 5.76. The molecule has 0 unspecified atom stereocenters. The van der Waals surface area contributed by atoms with Gasteiger partial charge in [-0.1, -0.05) is 60.7 Å². The zero-order chi connectivity index (χ0) is 18.5. The summed E-state index contributed by atoms with van der Waals surface area (Å²) in [6, 6.07) is 21.2. The summed E-state index contributed by atoms with van der Waals surface area (Å²) < 4.78 is 5.45. The number of nitrogens with zero attached hydrogens (tertiary/aromatic N) is 1. The zero-order valence-corrected chi connectivity index (χ0v) is 15.7. The van der Waals surface area contributed by atoms with E-state index in [1.807, 2.05) is 35.2 Å². The smallest absolute Gasteiger partial charge is 0.410 e. The Kier molecular flexibility index (Phi) is 5.73. The van der Waals surface area contributed by atoms with Crippen molar-refractivity contribution in [1.82, 2.24) is 10.2 Å². The van der Waals surface area contributed by atoms with Gasteiger partial charge in [0.25, 0.3) is 0 Å². The van der Waals surface area contributed by atoms with Gasteiger partial charge in [-0.2, -0.15) is 0 Å². The van der Waals surface area contributed by atoms with Crippen molar-refractivity contribution in [1.29, 1.82) is 0 Å². The maximum atomic E-state index is 12.2.